The molecule has 0 fully saturated rings. The Hall–Kier alpha value is -3.30. The van der Waals surface area contributed by atoms with E-state index >= 15 is 0 Å². The average Bonchev–Trinajstić information content (AvgIpc) is 3.12. The molecule has 0 amide bonds. The van der Waals surface area contributed by atoms with Crippen molar-refractivity contribution in [2.45, 2.75) is 6.92 Å². The highest BCUT2D eigenvalue weighted by Crippen LogP contribution is 2.27. The summed E-state index contributed by atoms with van der Waals surface area (Å²) in [5, 5.41) is 16.2. The standard InChI is InChI=1S/C13H12N6O4/c1-3-23-12-9(10(20)11(12)21)15-7-4-6(5-8(14-7)22-2)13-16-18-19-17-13/h4-5H,3H2,1-2H3,(H,14,15)(H,16,17,18,19). The molecule has 118 valence electrons. The number of pyridine rings is 1. The fraction of sp³-hybridized carbons (Fsp3) is 0.231. The van der Waals surface area contributed by atoms with Gasteiger partial charge in [-0.15, -0.1) is 5.10 Å². The molecule has 0 spiro atoms. The van der Waals surface area contributed by atoms with Crippen LogP contribution >= 0.6 is 0 Å². The van der Waals surface area contributed by atoms with Crippen LogP contribution in [0.4, 0.5) is 11.5 Å². The number of aromatic nitrogens is 5. The van der Waals surface area contributed by atoms with Crippen molar-refractivity contribution in [1.29, 1.82) is 0 Å². The number of nitrogens with one attached hydrogen (secondary N) is 2. The maximum Gasteiger partial charge on any atom is 0.272 e. The molecule has 10 heteroatoms. The molecule has 0 aliphatic rings. The monoisotopic (exact) mass is 316 g/mol. The minimum atomic E-state index is -0.656. The van der Waals surface area contributed by atoms with Gasteiger partial charge in [0.2, 0.25) is 5.88 Å². The summed E-state index contributed by atoms with van der Waals surface area (Å²) in [6.45, 7) is 2.00. The van der Waals surface area contributed by atoms with Crippen LogP contribution in [0.3, 0.4) is 0 Å². The SMILES string of the molecule is CCOc1c(Nc2cc(-c3nnn[nH]3)cc(OC)n2)c(=O)c1=O. The molecule has 3 rings (SSSR count). The molecule has 1 aromatic carbocycles. The number of hydrogen-bond acceptors (Lipinski definition) is 9. The molecular weight excluding hydrogens is 304 g/mol. The second kappa shape index (κ2) is 5.83. The summed E-state index contributed by atoms with van der Waals surface area (Å²) in [7, 11) is 1.46. The Morgan fingerprint density at radius 2 is 2.09 bits per heavy atom. The maximum atomic E-state index is 11.7. The van der Waals surface area contributed by atoms with Crippen LogP contribution in [0.15, 0.2) is 21.7 Å². The van der Waals surface area contributed by atoms with Gasteiger partial charge >= 0.3 is 0 Å². The lowest BCUT2D eigenvalue weighted by Gasteiger charge is -2.13. The van der Waals surface area contributed by atoms with Crippen LogP contribution in [0.1, 0.15) is 6.92 Å². The first-order valence-electron chi connectivity index (χ1n) is 6.67. The number of methoxy groups -OCH3 is 1. The maximum absolute atomic E-state index is 11.7. The molecule has 0 saturated carbocycles. The highest BCUT2D eigenvalue weighted by Gasteiger charge is 2.23. The van der Waals surface area contributed by atoms with Crippen LogP contribution in [0.25, 0.3) is 11.4 Å². The van der Waals surface area contributed by atoms with E-state index in [1.165, 1.54) is 7.11 Å². The zero-order chi connectivity index (χ0) is 16.4. The Labute approximate surface area is 129 Å². The molecule has 0 bridgehead atoms. The lowest BCUT2D eigenvalue weighted by atomic mass is 10.2. The summed E-state index contributed by atoms with van der Waals surface area (Å²) < 4.78 is 10.3. The largest absolute Gasteiger partial charge is 0.488 e. The van der Waals surface area contributed by atoms with Crippen LogP contribution < -0.4 is 25.6 Å². The predicted octanol–water partition coefficient (Wildman–Crippen LogP) is 0.00860. The minimum absolute atomic E-state index is 0.00463. The summed E-state index contributed by atoms with van der Waals surface area (Å²) in [4.78, 5) is 27.3. The van der Waals surface area contributed by atoms with E-state index in [-0.39, 0.29) is 23.9 Å². The normalized spacial score (nSPS) is 10.7. The van der Waals surface area contributed by atoms with Crippen LogP contribution in [0, 0.1) is 0 Å². The highest BCUT2D eigenvalue weighted by molar-refractivity contribution is 5.71. The smallest absolute Gasteiger partial charge is 0.272 e. The molecule has 2 N–H and O–H groups in total. The van der Waals surface area contributed by atoms with E-state index in [1.54, 1.807) is 19.1 Å². The molecule has 0 radical (unpaired) electrons. The van der Waals surface area contributed by atoms with Gasteiger partial charge < -0.3 is 14.8 Å². The Morgan fingerprint density at radius 1 is 1.26 bits per heavy atom. The summed E-state index contributed by atoms with van der Waals surface area (Å²) in [6, 6.07) is 3.23. The number of anilines is 2. The number of H-pyrrole nitrogens is 1. The van der Waals surface area contributed by atoms with Gasteiger partial charge in [-0.3, -0.25) is 9.59 Å². The van der Waals surface area contributed by atoms with Crippen molar-refractivity contribution < 1.29 is 9.47 Å². The van der Waals surface area contributed by atoms with Gasteiger partial charge in [0.1, 0.15) is 11.5 Å². The lowest BCUT2D eigenvalue weighted by Crippen LogP contribution is -2.35. The van der Waals surface area contributed by atoms with Crippen LogP contribution in [-0.4, -0.2) is 39.3 Å². The zero-order valence-corrected chi connectivity index (χ0v) is 12.3. The van der Waals surface area contributed by atoms with Crippen molar-refractivity contribution >= 4 is 11.5 Å². The first kappa shape index (κ1) is 14.6. The van der Waals surface area contributed by atoms with E-state index in [9.17, 15) is 9.59 Å². The second-order valence-electron chi connectivity index (χ2n) is 4.45. The molecule has 3 aromatic rings. The van der Waals surface area contributed by atoms with Crippen molar-refractivity contribution in [2.75, 3.05) is 19.0 Å². The third-order valence-corrected chi connectivity index (χ3v) is 3.04. The first-order valence-corrected chi connectivity index (χ1v) is 6.67. The van der Waals surface area contributed by atoms with Gasteiger partial charge in [-0.2, -0.15) is 4.98 Å². The Bertz CT molecular complexity index is 898. The fourth-order valence-electron chi connectivity index (χ4n) is 1.99. The number of ether oxygens (including phenoxy) is 2. The van der Waals surface area contributed by atoms with Crippen molar-refractivity contribution in [3.63, 3.8) is 0 Å². The third kappa shape index (κ3) is 2.61. The molecule has 23 heavy (non-hydrogen) atoms. The molecule has 0 saturated heterocycles. The summed E-state index contributed by atoms with van der Waals surface area (Å²) in [5.74, 6) is 0.996. The number of nitrogens with zero attached hydrogens (tertiary/aromatic N) is 4. The van der Waals surface area contributed by atoms with Crippen LogP contribution in [0.5, 0.6) is 11.6 Å². The van der Waals surface area contributed by atoms with Gasteiger partial charge in [0.15, 0.2) is 11.6 Å². The van der Waals surface area contributed by atoms with Gasteiger partial charge in [0, 0.05) is 11.6 Å². The topological polar surface area (TPSA) is 132 Å². The molecule has 0 unspecified atom stereocenters. The van der Waals surface area contributed by atoms with E-state index in [2.05, 4.69) is 30.9 Å². The van der Waals surface area contributed by atoms with E-state index < -0.39 is 10.9 Å². The van der Waals surface area contributed by atoms with E-state index in [0.29, 0.717) is 17.2 Å². The van der Waals surface area contributed by atoms with Gasteiger partial charge in [-0.1, -0.05) is 0 Å². The number of hydrogen-bond donors (Lipinski definition) is 2. The zero-order valence-electron chi connectivity index (χ0n) is 12.3. The van der Waals surface area contributed by atoms with Crippen molar-refractivity contribution in [3.8, 4) is 23.0 Å². The minimum Gasteiger partial charge on any atom is -0.488 e. The van der Waals surface area contributed by atoms with Crippen LogP contribution in [0.2, 0.25) is 0 Å². The Morgan fingerprint density at radius 3 is 2.74 bits per heavy atom. The van der Waals surface area contributed by atoms with Crippen LogP contribution in [-0.2, 0) is 0 Å². The van der Waals surface area contributed by atoms with Gasteiger partial charge in [-0.05, 0) is 23.4 Å². The van der Waals surface area contributed by atoms with E-state index in [0.717, 1.165) is 0 Å². The molecule has 10 nitrogen and oxygen atoms in total. The number of rotatable bonds is 6. The van der Waals surface area contributed by atoms with E-state index in [4.69, 9.17) is 9.47 Å². The molecule has 0 atom stereocenters. The molecule has 0 aliphatic heterocycles. The fourth-order valence-corrected chi connectivity index (χ4v) is 1.99. The average molecular weight is 316 g/mol. The first-order chi connectivity index (χ1) is 11.1. The van der Waals surface area contributed by atoms with Crippen molar-refractivity contribution in [2.24, 2.45) is 0 Å². The number of aromatic amines is 1. The predicted molar refractivity (Wildman–Crippen MR) is 79.8 cm³/mol. The summed E-state index contributed by atoms with van der Waals surface area (Å²) in [6.07, 6.45) is 0. The highest BCUT2D eigenvalue weighted by atomic mass is 16.5. The van der Waals surface area contributed by atoms with Crippen molar-refractivity contribution in [3.05, 3.63) is 32.6 Å². The molecular formula is C13H12N6O4. The molecule has 2 aromatic heterocycles. The molecule has 2 heterocycles. The molecule has 0 aliphatic carbocycles. The van der Waals surface area contributed by atoms with Gasteiger partial charge in [0.05, 0.1) is 13.7 Å². The van der Waals surface area contributed by atoms with E-state index in [1.807, 2.05) is 0 Å². The summed E-state index contributed by atoms with van der Waals surface area (Å²) >= 11 is 0. The third-order valence-electron chi connectivity index (χ3n) is 3.04. The van der Waals surface area contributed by atoms with Crippen molar-refractivity contribution in [1.82, 2.24) is 25.6 Å². The quantitative estimate of drug-likeness (QED) is 0.603. The van der Waals surface area contributed by atoms with Gasteiger partial charge in [0.25, 0.3) is 10.9 Å². The Balaban J connectivity index is 1.98. The summed E-state index contributed by atoms with van der Waals surface area (Å²) in [5.41, 5.74) is -0.641. The lowest BCUT2D eigenvalue weighted by molar-refractivity contribution is 0.335. The second-order valence-corrected chi connectivity index (χ2v) is 4.45. The Kier molecular flexibility index (Phi) is 3.71. The number of tetrazole rings is 1. The van der Waals surface area contributed by atoms with Gasteiger partial charge in [-0.25, -0.2) is 5.10 Å².